The molecule has 0 aliphatic heterocycles. The first-order chi connectivity index (χ1) is 12.5. The topological polar surface area (TPSA) is 93.1 Å². The van der Waals surface area contributed by atoms with Gasteiger partial charge in [0.25, 0.3) is 0 Å². The lowest BCUT2D eigenvalue weighted by Gasteiger charge is -2.03. The van der Waals surface area contributed by atoms with Crippen LogP contribution in [-0.2, 0) is 9.47 Å². The summed E-state index contributed by atoms with van der Waals surface area (Å²) in [6, 6.07) is 12.3. The number of rotatable bonds is 6. The highest BCUT2D eigenvalue weighted by Crippen LogP contribution is 2.16. The van der Waals surface area contributed by atoms with E-state index in [1.54, 1.807) is 12.1 Å². The molecule has 0 amide bonds. The molecule has 2 N–H and O–H groups in total. The first-order valence-corrected chi connectivity index (χ1v) is 8.40. The van der Waals surface area contributed by atoms with Crippen molar-refractivity contribution >= 4 is 11.9 Å². The molecule has 0 fully saturated rings. The summed E-state index contributed by atoms with van der Waals surface area (Å²) >= 11 is 0. The van der Waals surface area contributed by atoms with Crippen LogP contribution in [0.2, 0.25) is 0 Å². The summed E-state index contributed by atoms with van der Waals surface area (Å²) in [5, 5.41) is 18.2. The maximum Gasteiger partial charge on any atom is 0.341 e. The molecule has 6 nitrogen and oxygen atoms in total. The van der Waals surface area contributed by atoms with E-state index in [1.807, 2.05) is 13.8 Å². The third-order valence-corrected chi connectivity index (χ3v) is 3.10. The molecule has 0 spiro atoms. The highest BCUT2D eigenvalue weighted by atomic mass is 16.5. The van der Waals surface area contributed by atoms with Crippen molar-refractivity contribution in [1.82, 2.24) is 0 Å². The lowest BCUT2D eigenvalue weighted by Crippen LogP contribution is -2.05. The molecule has 0 unspecified atom stereocenters. The molecule has 0 aliphatic rings. The van der Waals surface area contributed by atoms with E-state index in [4.69, 9.17) is 14.6 Å². The molecule has 2 aromatic rings. The maximum atomic E-state index is 11.2. The van der Waals surface area contributed by atoms with Crippen LogP contribution in [0.1, 0.15) is 47.4 Å². The molecule has 0 aromatic heterocycles. The van der Waals surface area contributed by atoms with Crippen LogP contribution in [0.15, 0.2) is 48.5 Å². The third kappa shape index (κ3) is 7.25. The van der Waals surface area contributed by atoms with E-state index in [0.29, 0.717) is 18.8 Å². The van der Waals surface area contributed by atoms with Crippen molar-refractivity contribution in [2.45, 2.75) is 26.7 Å². The van der Waals surface area contributed by atoms with Crippen molar-refractivity contribution < 1.29 is 29.3 Å². The largest absolute Gasteiger partial charge is 0.508 e. The number of ether oxygens (including phenoxy) is 2. The van der Waals surface area contributed by atoms with Crippen LogP contribution >= 0.6 is 0 Å². The van der Waals surface area contributed by atoms with Gasteiger partial charge in [0.05, 0.1) is 18.8 Å². The van der Waals surface area contributed by atoms with Crippen LogP contribution in [0.4, 0.5) is 0 Å². The van der Waals surface area contributed by atoms with Gasteiger partial charge in [-0.05, 0) is 49.2 Å². The van der Waals surface area contributed by atoms with Gasteiger partial charge in [0.2, 0.25) is 0 Å². The number of hydrogen-bond donors (Lipinski definition) is 2. The summed E-state index contributed by atoms with van der Waals surface area (Å²) in [5.41, 5.74) is 0.683. The zero-order valence-electron chi connectivity index (χ0n) is 15.0. The Morgan fingerprint density at radius 2 is 1.35 bits per heavy atom. The molecule has 26 heavy (non-hydrogen) atoms. The highest BCUT2D eigenvalue weighted by molar-refractivity contribution is 5.92. The predicted molar refractivity (Wildman–Crippen MR) is 97.4 cm³/mol. The Labute approximate surface area is 153 Å². The van der Waals surface area contributed by atoms with E-state index < -0.39 is 5.97 Å². The quantitative estimate of drug-likeness (QED) is 0.759. The van der Waals surface area contributed by atoms with Crippen LogP contribution in [0.5, 0.6) is 11.5 Å². The third-order valence-electron chi connectivity index (χ3n) is 3.10. The summed E-state index contributed by atoms with van der Waals surface area (Å²) in [6.07, 6.45) is 1.59. The number of phenols is 2. The lowest BCUT2D eigenvalue weighted by atomic mass is 10.2. The fraction of sp³-hybridized carbons (Fsp3) is 0.300. The standard InChI is InChI=1S/2C10H12O3/c1-2-7-13-10(12)8-3-5-9(11)6-4-8;1-2-7-13-10(12)8-5-3-4-6-9(8)11/h2*3-6,11H,2,7H2,1H3. The minimum Gasteiger partial charge on any atom is -0.508 e. The van der Waals surface area contributed by atoms with E-state index in [9.17, 15) is 14.7 Å². The van der Waals surface area contributed by atoms with Crippen molar-refractivity contribution in [3.05, 3.63) is 59.7 Å². The van der Waals surface area contributed by atoms with Crippen molar-refractivity contribution in [3.8, 4) is 11.5 Å². The van der Waals surface area contributed by atoms with E-state index in [0.717, 1.165) is 12.8 Å². The lowest BCUT2D eigenvalue weighted by molar-refractivity contribution is 0.0494. The second-order valence-corrected chi connectivity index (χ2v) is 5.34. The number of hydrogen-bond acceptors (Lipinski definition) is 6. The van der Waals surface area contributed by atoms with Crippen LogP contribution < -0.4 is 0 Å². The zero-order valence-corrected chi connectivity index (χ0v) is 15.0. The number of phenolic OH excluding ortho intramolecular Hbond substituents is 2. The normalized spacial score (nSPS) is 9.62. The minimum atomic E-state index is -0.472. The first kappa shape index (κ1) is 21.0. The number of benzene rings is 2. The SMILES string of the molecule is CCCOC(=O)c1ccc(O)cc1.CCCOC(=O)c1ccccc1O. The number of carbonyl (C=O) groups is 2. The van der Waals surface area contributed by atoms with Gasteiger partial charge in [0.15, 0.2) is 0 Å². The summed E-state index contributed by atoms with van der Waals surface area (Å²) in [7, 11) is 0. The molecule has 0 radical (unpaired) electrons. The Kier molecular flexibility index (Phi) is 9.31. The van der Waals surface area contributed by atoms with Gasteiger partial charge in [0, 0.05) is 0 Å². The second-order valence-electron chi connectivity index (χ2n) is 5.34. The summed E-state index contributed by atoms with van der Waals surface area (Å²) in [6.45, 7) is 4.66. The zero-order chi connectivity index (χ0) is 19.4. The molecule has 0 heterocycles. The Balaban J connectivity index is 0.000000260. The molecule has 0 atom stereocenters. The minimum absolute atomic E-state index is 0.0383. The van der Waals surface area contributed by atoms with Crippen molar-refractivity contribution in [3.63, 3.8) is 0 Å². The van der Waals surface area contributed by atoms with Gasteiger partial charge >= 0.3 is 11.9 Å². The van der Waals surface area contributed by atoms with E-state index >= 15 is 0 Å². The van der Waals surface area contributed by atoms with Gasteiger partial charge in [-0.1, -0.05) is 26.0 Å². The van der Waals surface area contributed by atoms with Crippen LogP contribution in [0.3, 0.4) is 0 Å². The van der Waals surface area contributed by atoms with E-state index in [-0.39, 0.29) is 23.0 Å². The molecule has 140 valence electrons. The van der Waals surface area contributed by atoms with Gasteiger partial charge in [0.1, 0.15) is 17.1 Å². The first-order valence-electron chi connectivity index (χ1n) is 8.40. The molecule has 0 saturated carbocycles. The number of aromatic hydroxyl groups is 2. The van der Waals surface area contributed by atoms with Crippen molar-refractivity contribution in [2.75, 3.05) is 13.2 Å². The average Bonchev–Trinajstić information content (AvgIpc) is 2.65. The molecular formula is C20H24O6. The van der Waals surface area contributed by atoms with Gasteiger partial charge < -0.3 is 19.7 Å². The molecule has 0 saturated heterocycles. The number of para-hydroxylation sites is 1. The highest BCUT2D eigenvalue weighted by Gasteiger charge is 2.10. The summed E-state index contributed by atoms with van der Waals surface area (Å²) in [5.74, 6) is -0.711. The fourth-order valence-electron chi connectivity index (χ4n) is 1.79. The van der Waals surface area contributed by atoms with Gasteiger partial charge in [-0.25, -0.2) is 9.59 Å². The summed E-state index contributed by atoms with van der Waals surface area (Å²) < 4.78 is 9.76. The van der Waals surface area contributed by atoms with Gasteiger partial charge in [-0.2, -0.15) is 0 Å². The Bertz CT molecular complexity index is 694. The predicted octanol–water partition coefficient (Wildman–Crippen LogP) is 3.92. The van der Waals surface area contributed by atoms with Crippen LogP contribution in [0, 0.1) is 0 Å². The van der Waals surface area contributed by atoms with E-state index in [2.05, 4.69) is 0 Å². The molecule has 0 aliphatic carbocycles. The van der Waals surface area contributed by atoms with E-state index in [1.165, 1.54) is 36.4 Å². The molecule has 2 aromatic carbocycles. The van der Waals surface area contributed by atoms with Crippen molar-refractivity contribution in [1.29, 1.82) is 0 Å². The molecule has 2 rings (SSSR count). The molecule has 0 bridgehead atoms. The molecule has 6 heteroatoms. The molecular weight excluding hydrogens is 336 g/mol. The van der Waals surface area contributed by atoms with Gasteiger partial charge in [-0.15, -0.1) is 0 Å². The number of carbonyl (C=O) groups excluding carboxylic acids is 2. The average molecular weight is 360 g/mol. The Hall–Kier alpha value is -3.02. The fourth-order valence-corrected chi connectivity index (χ4v) is 1.79. The number of esters is 2. The Morgan fingerprint density at radius 3 is 1.88 bits per heavy atom. The van der Waals surface area contributed by atoms with Gasteiger partial charge in [-0.3, -0.25) is 0 Å². The maximum absolute atomic E-state index is 11.2. The van der Waals surface area contributed by atoms with Crippen LogP contribution in [0.25, 0.3) is 0 Å². The summed E-state index contributed by atoms with van der Waals surface area (Å²) in [4.78, 5) is 22.5. The Morgan fingerprint density at radius 1 is 0.808 bits per heavy atom. The smallest absolute Gasteiger partial charge is 0.341 e. The van der Waals surface area contributed by atoms with Crippen LogP contribution in [-0.4, -0.2) is 35.4 Å². The monoisotopic (exact) mass is 360 g/mol. The van der Waals surface area contributed by atoms with Crippen molar-refractivity contribution in [2.24, 2.45) is 0 Å². The second kappa shape index (κ2) is 11.5.